The molecule has 0 bridgehead atoms. The number of rotatable bonds is 1. The molecule has 0 aliphatic carbocycles. The zero-order chi connectivity index (χ0) is 11.9. The van der Waals surface area contributed by atoms with E-state index in [4.69, 9.17) is 0 Å². The molecule has 2 rings (SSSR count). The molecule has 0 unspecified atom stereocenters. The van der Waals surface area contributed by atoms with Crippen molar-refractivity contribution < 1.29 is 22.5 Å². The Morgan fingerprint density at radius 2 is 2.06 bits per heavy atom. The standard InChI is InChI=1S/C10H8F3N2O/c1-14-4-5-15-7(6-14)2-3-8(15)9(16)10(11,12)13/h2-6H,1H3/q+1. The summed E-state index contributed by atoms with van der Waals surface area (Å²) in [5.41, 5.74) is 0.167. The van der Waals surface area contributed by atoms with E-state index in [1.165, 1.54) is 22.7 Å². The van der Waals surface area contributed by atoms with Crippen molar-refractivity contribution in [2.24, 2.45) is 7.05 Å². The van der Waals surface area contributed by atoms with Gasteiger partial charge in [-0.1, -0.05) is 0 Å². The van der Waals surface area contributed by atoms with Crippen molar-refractivity contribution >= 4 is 11.3 Å². The molecule has 0 aliphatic heterocycles. The Morgan fingerprint density at radius 3 is 2.69 bits per heavy atom. The van der Waals surface area contributed by atoms with E-state index in [0.717, 1.165) is 0 Å². The van der Waals surface area contributed by atoms with Gasteiger partial charge in [-0.05, 0) is 12.1 Å². The lowest BCUT2D eigenvalue weighted by Crippen LogP contribution is -2.28. The van der Waals surface area contributed by atoms with Crippen LogP contribution >= 0.6 is 0 Å². The fourth-order valence-electron chi connectivity index (χ4n) is 1.49. The van der Waals surface area contributed by atoms with Crippen molar-refractivity contribution in [2.45, 2.75) is 6.18 Å². The fraction of sp³-hybridized carbons (Fsp3) is 0.200. The predicted molar refractivity (Wildman–Crippen MR) is 49.0 cm³/mol. The first-order chi connectivity index (χ1) is 7.39. The first kappa shape index (κ1) is 10.7. The van der Waals surface area contributed by atoms with Crippen LogP contribution < -0.4 is 4.57 Å². The van der Waals surface area contributed by atoms with Gasteiger partial charge in [-0.25, -0.2) is 4.57 Å². The summed E-state index contributed by atoms with van der Waals surface area (Å²) in [5.74, 6) is -1.83. The van der Waals surface area contributed by atoms with Crippen LogP contribution in [-0.2, 0) is 7.05 Å². The quantitative estimate of drug-likeness (QED) is 0.537. The van der Waals surface area contributed by atoms with Crippen molar-refractivity contribution in [1.82, 2.24) is 4.40 Å². The Labute approximate surface area is 88.7 Å². The molecule has 0 aromatic carbocycles. The molecule has 6 heteroatoms. The Kier molecular flexibility index (Phi) is 2.22. The molecule has 3 nitrogen and oxygen atoms in total. The summed E-state index contributed by atoms with van der Waals surface area (Å²) in [5, 5.41) is 0. The molecule has 0 amide bonds. The van der Waals surface area contributed by atoms with Crippen molar-refractivity contribution in [3.63, 3.8) is 0 Å². The summed E-state index contributed by atoms with van der Waals surface area (Å²) in [6.45, 7) is 0. The molecular formula is C10H8F3N2O+. The average molecular weight is 229 g/mol. The predicted octanol–water partition coefficient (Wildman–Crippen LogP) is 1.51. The second-order valence-electron chi connectivity index (χ2n) is 3.43. The number of hydrogen-bond donors (Lipinski definition) is 0. The smallest absolute Gasteiger partial charge is 0.302 e. The monoisotopic (exact) mass is 229 g/mol. The van der Waals surface area contributed by atoms with Crippen molar-refractivity contribution in [3.8, 4) is 0 Å². The van der Waals surface area contributed by atoms with E-state index in [1.807, 2.05) is 0 Å². The number of alkyl halides is 3. The van der Waals surface area contributed by atoms with Crippen LogP contribution in [-0.4, -0.2) is 16.4 Å². The minimum atomic E-state index is -4.84. The Bertz CT molecular complexity index is 557. The summed E-state index contributed by atoms with van der Waals surface area (Å²) >= 11 is 0. The molecule has 0 aliphatic rings. The fourth-order valence-corrected chi connectivity index (χ4v) is 1.49. The zero-order valence-corrected chi connectivity index (χ0v) is 8.32. The van der Waals surface area contributed by atoms with E-state index in [1.54, 1.807) is 24.0 Å². The highest BCUT2D eigenvalue weighted by Gasteiger charge is 2.40. The van der Waals surface area contributed by atoms with E-state index < -0.39 is 12.0 Å². The lowest BCUT2D eigenvalue weighted by molar-refractivity contribution is -0.670. The SMILES string of the molecule is C[n+]1ccn2c(C(=O)C(F)(F)F)ccc2c1. The number of aryl methyl sites for hydroxylation is 1. The van der Waals surface area contributed by atoms with Gasteiger partial charge in [0.25, 0.3) is 5.78 Å². The van der Waals surface area contributed by atoms with Crippen LogP contribution in [0.4, 0.5) is 13.2 Å². The maximum Gasteiger partial charge on any atom is 0.456 e. The lowest BCUT2D eigenvalue weighted by atomic mass is 10.3. The second kappa shape index (κ2) is 3.33. The van der Waals surface area contributed by atoms with Crippen LogP contribution in [0.3, 0.4) is 0 Å². The third-order valence-corrected chi connectivity index (χ3v) is 2.23. The normalized spacial score (nSPS) is 12.0. The van der Waals surface area contributed by atoms with E-state index in [0.29, 0.717) is 5.52 Å². The Balaban J connectivity index is 2.59. The molecule has 0 N–H and O–H groups in total. The van der Waals surface area contributed by atoms with Crippen LogP contribution in [0.1, 0.15) is 10.5 Å². The van der Waals surface area contributed by atoms with Crippen molar-refractivity contribution in [2.75, 3.05) is 0 Å². The van der Waals surface area contributed by atoms with Crippen LogP contribution in [0.2, 0.25) is 0 Å². The number of nitrogens with zero attached hydrogens (tertiary/aromatic N) is 2. The van der Waals surface area contributed by atoms with Gasteiger partial charge in [0.1, 0.15) is 12.6 Å². The van der Waals surface area contributed by atoms with E-state index in [2.05, 4.69) is 0 Å². The topological polar surface area (TPSA) is 25.4 Å². The molecule has 0 radical (unpaired) electrons. The van der Waals surface area contributed by atoms with E-state index >= 15 is 0 Å². The minimum Gasteiger partial charge on any atom is -0.302 e. The first-order valence-corrected chi connectivity index (χ1v) is 4.47. The van der Waals surface area contributed by atoms with Gasteiger partial charge in [0.05, 0.1) is 11.9 Å². The Hall–Kier alpha value is -1.85. The zero-order valence-electron chi connectivity index (χ0n) is 8.32. The molecule has 0 atom stereocenters. The molecule has 0 saturated heterocycles. The summed E-state index contributed by atoms with van der Waals surface area (Å²) in [6.07, 6.45) is -0.214. The van der Waals surface area contributed by atoms with Gasteiger partial charge in [0.15, 0.2) is 12.4 Å². The third-order valence-electron chi connectivity index (χ3n) is 2.23. The molecule has 2 aromatic heterocycles. The maximum atomic E-state index is 12.3. The lowest BCUT2D eigenvalue weighted by Gasteiger charge is -2.04. The van der Waals surface area contributed by atoms with Crippen LogP contribution in [0, 0.1) is 0 Å². The Morgan fingerprint density at radius 1 is 1.38 bits per heavy atom. The summed E-state index contributed by atoms with van der Waals surface area (Å²) in [6, 6.07) is 2.64. The van der Waals surface area contributed by atoms with Crippen molar-refractivity contribution in [1.29, 1.82) is 0 Å². The van der Waals surface area contributed by atoms with Gasteiger partial charge in [-0.3, -0.25) is 4.79 Å². The number of ketones is 1. The molecule has 16 heavy (non-hydrogen) atoms. The minimum absolute atomic E-state index is 0.372. The third kappa shape index (κ3) is 1.66. The van der Waals surface area contributed by atoms with Gasteiger partial charge >= 0.3 is 6.18 Å². The van der Waals surface area contributed by atoms with E-state index in [-0.39, 0.29) is 5.69 Å². The van der Waals surface area contributed by atoms with Gasteiger partial charge in [-0.2, -0.15) is 13.2 Å². The number of carbonyl (C=O) groups excluding carboxylic acids is 1. The second-order valence-corrected chi connectivity index (χ2v) is 3.43. The van der Waals surface area contributed by atoms with Gasteiger partial charge in [0, 0.05) is 0 Å². The van der Waals surface area contributed by atoms with Crippen LogP contribution in [0.5, 0.6) is 0 Å². The van der Waals surface area contributed by atoms with Crippen molar-refractivity contribution in [3.05, 3.63) is 36.4 Å². The number of hydrogen-bond acceptors (Lipinski definition) is 1. The molecule has 0 spiro atoms. The highest BCUT2D eigenvalue weighted by molar-refractivity contribution is 5.99. The number of Topliss-reactive ketones (excluding diaryl/α,β-unsaturated/α-hetero) is 1. The summed E-state index contributed by atoms with van der Waals surface area (Å²) < 4.78 is 39.7. The van der Waals surface area contributed by atoms with Gasteiger partial charge in [0.2, 0.25) is 0 Å². The molecule has 0 fully saturated rings. The maximum absolute atomic E-state index is 12.3. The molecule has 2 heterocycles. The number of fused-ring (bicyclic) bond motifs is 1. The largest absolute Gasteiger partial charge is 0.456 e. The highest BCUT2D eigenvalue weighted by atomic mass is 19.4. The number of aromatic nitrogens is 2. The summed E-state index contributed by atoms with van der Waals surface area (Å²) in [4.78, 5) is 11.1. The molecular weight excluding hydrogens is 221 g/mol. The number of halogens is 3. The highest BCUT2D eigenvalue weighted by Crippen LogP contribution is 2.22. The number of carbonyl (C=O) groups is 1. The molecule has 0 saturated carbocycles. The summed E-state index contributed by atoms with van der Waals surface area (Å²) in [7, 11) is 1.75. The van der Waals surface area contributed by atoms with Gasteiger partial charge < -0.3 is 4.40 Å². The van der Waals surface area contributed by atoms with E-state index in [9.17, 15) is 18.0 Å². The molecule has 2 aromatic rings. The first-order valence-electron chi connectivity index (χ1n) is 4.47. The molecule has 84 valence electrons. The average Bonchev–Trinajstić information content (AvgIpc) is 2.57. The van der Waals surface area contributed by atoms with Gasteiger partial charge in [-0.15, -0.1) is 0 Å². The van der Waals surface area contributed by atoms with Crippen LogP contribution in [0.25, 0.3) is 5.52 Å². The van der Waals surface area contributed by atoms with Crippen LogP contribution in [0.15, 0.2) is 30.7 Å².